The maximum Gasteiger partial charge on any atom is 0.328 e. The molecule has 0 bridgehead atoms. The molecule has 0 aromatic heterocycles. The van der Waals surface area contributed by atoms with Crippen LogP contribution in [0.4, 0.5) is 4.39 Å². The third-order valence-electron chi connectivity index (χ3n) is 4.14. The summed E-state index contributed by atoms with van der Waals surface area (Å²) in [5.74, 6) is -1.43. The van der Waals surface area contributed by atoms with Crippen LogP contribution in [0, 0.1) is 5.92 Å². The maximum atomic E-state index is 12.5. The van der Waals surface area contributed by atoms with Crippen molar-refractivity contribution in [1.82, 2.24) is 5.32 Å². The predicted octanol–water partition coefficient (Wildman–Crippen LogP) is 2.50. The molecule has 1 atom stereocenters. The molecule has 1 aliphatic rings. The molecule has 1 aromatic carbocycles. The molecule has 1 saturated carbocycles. The first-order valence-corrected chi connectivity index (χ1v) is 7.26. The van der Waals surface area contributed by atoms with Crippen LogP contribution in [-0.4, -0.2) is 29.7 Å². The van der Waals surface area contributed by atoms with Gasteiger partial charge in [0.05, 0.1) is 0 Å². The van der Waals surface area contributed by atoms with Gasteiger partial charge < -0.3 is 10.4 Å². The van der Waals surface area contributed by atoms with Gasteiger partial charge in [0.1, 0.15) is 6.67 Å². The van der Waals surface area contributed by atoms with E-state index in [2.05, 4.69) is 17.4 Å². The predicted molar refractivity (Wildman–Crippen MR) is 76.7 cm³/mol. The van der Waals surface area contributed by atoms with Crippen molar-refractivity contribution < 1.29 is 19.1 Å². The van der Waals surface area contributed by atoms with E-state index in [-0.39, 0.29) is 11.8 Å². The number of carboxylic acids is 1. The number of rotatable bonds is 5. The quantitative estimate of drug-likeness (QED) is 0.876. The lowest BCUT2D eigenvalue weighted by Gasteiger charge is -2.28. The molecule has 1 aromatic rings. The molecule has 2 N–H and O–H groups in total. The molecule has 5 heteroatoms. The van der Waals surface area contributed by atoms with Gasteiger partial charge in [-0.2, -0.15) is 0 Å². The third kappa shape index (κ3) is 4.03. The topological polar surface area (TPSA) is 66.4 Å². The Morgan fingerprint density at radius 2 is 1.81 bits per heavy atom. The zero-order valence-corrected chi connectivity index (χ0v) is 11.8. The summed E-state index contributed by atoms with van der Waals surface area (Å²) in [6.45, 7) is -1.08. The lowest BCUT2D eigenvalue weighted by atomic mass is 9.78. The summed E-state index contributed by atoms with van der Waals surface area (Å²) in [5.41, 5.74) is 1.28. The van der Waals surface area contributed by atoms with Crippen molar-refractivity contribution in [2.45, 2.75) is 37.6 Å². The van der Waals surface area contributed by atoms with E-state index in [1.807, 2.05) is 18.2 Å². The minimum absolute atomic E-state index is 0.210. The normalized spacial score (nSPS) is 23.3. The second-order valence-corrected chi connectivity index (χ2v) is 5.51. The lowest BCUT2D eigenvalue weighted by Crippen LogP contribution is -2.45. The second kappa shape index (κ2) is 7.20. The van der Waals surface area contributed by atoms with Crippen LogP contribution in [0.5, 0.6) is 0 Å². The molecule has 0 radical (unpaired) electrons. The number of hydrogen-bond donors (Lipinski definition) is 2. The van der Waals surface area contributed by atoms with E-state index in [1.54, 1.807) is 0 Å². The highest BCUT2D eigenvalue weighted by molar-refractivity contribution is 5.85. The van der Waals surface area contributed by atoms with Gasteiger partial charge >= 0.3 is 5.97 Å². The molecule has 21 heavy (non-hydrogen) atoms. The Bertz CT molecular complexity index is 484. The number of alkyl halides is 1. The van der Waals surface area contributed by atoms with Gasteiger partial charge in [-0.05, 0) is 37.2 Å². The monoisotopic (exact) mass is 293 g/mol. The second-order valence-electron chi connectivity index (χ2n) is 5.51. The largest absolute Gasteiger partial charge is 0.480 e. The number of benzene rings is 1. The summed E-state index contributed by atoms with van der Waals surface area (Å²) < 4.78 is 12.5. The van der Waals surface area contributed by atoms with Crippen LogP contribution in [-0.2, 0) is 9.59 Å². The van der Waals surface area contributed by atoms with Gasteiger partial charge in [0.25, 0.3) is 0 Å². The van der Waals surface area contributed by atoms with Crippen molar-refractivity contribution in [3.8, 4) is 0 Å². The summed E-state index contributed by atoms with van der Waals surface area (Å²) in [7, 11) is 0. The zero-order chi connectivity index (χ0) is 15.2. The molecule has 0 heterocycles. The van der Waals surface area contributed by atoms with Crippen molar-refractivity contribution in [1.29, 1.82) is 0 Å². The Labute approximate surface area is 123 Å². The van der Waals surface area contributed by atoms with E-state index < -0.39 is 18.7 Å². The van der Waals surface area contributed by atoms with Gasteiger partial charge in [-0.15, -0.1) is 0 Å². The van der Waals surface area contributed by atoms with Gasteiger partial charge in [0, 0.05) is 5.92 Å². The van der Waals surface area contributed by atoms with E-state index in [9.17, 15) is 14.0 Å². The number of hydrogen-bond acceptors (Lipinski definition) is 2. The molecule has 2 rings (SSSR count). The Balaban J connectivity index is 1.86. The fourth-order valence-corrected chi connectivity index (χ4v) is 2.87. The third-order valence-corrected chi connectivity index (χ3v) is 4.14. The molecule has 1 fully saturated rings. The summed E-state index contributed by atoms with van der Waals surface area (Å²) in [6.07, 6.45) is 3.22. The average molecular weight is 293 g/mol. The minimum Gasteiger partial charge on any atom is -0.480 e. The first kappa shape index (κ1) is 15.5. The first-order chi connectivity index (χ1) is 10.1. The zero-order valence-electron chi connectivity index (χ0n) is 11.8. The molecule has 114 valence electrons. The van der Waals surface area contributed by atoms with Crippen LogP contribution in [0.15, 0.2) is 30.3 Å². The SMILES string of the molecule is O=C(NC(CF)C(=O)O)C1CCC(c2ccccc2)CC1. The van der Waals surface area contributed by atoms with E-state index >= 15 is 0 Å². The van der Waals surface area contributed by atoms with Crippen LogP contribution >= 0.6 is 0 Å². The molecule has 1 amide bonds. The number of halogens is 1. The fraction of sp³-hybridized carbons (Fsp3) is 0.500. The lowest BCUT2D eigenvalue weighted by molar-refractivity contribution is -0.143. The molecular weight excluding hydrogens is 273 g/mol. The van der Waals surface area contributed by atoms with Crippen molar-refractivity contribution >= 4 is 11.9 Å². The summed E-state index contributed by atoms with van der Waals surface area (Å²) in [6, 6.07) is 8.75. The molecule has 0 saturated heterocycles. The van der Waals surface area contributed by atoms with Crippen LogP contribution in [0.2, 0.25) is 0 Å². The summed E-state index contributed by atoms with van der Waals surface area (Å²) in [5, 5.41) is 11.0. The number of aliphatic carboxylic acids is 1. The molecule has 4 nitrogen and oxygen atoms in total. The van der Waals surface area contributed by atoms with Crippen molar-refractivity contribution in [2.75, 3.05) is 6.67 Å². The van der Waals surface area contributed by atoms with Crippen LogP contribution in [0.1, 0.15) is 37.2 Å². The van der Waals surface area contributed by atoms with Crippen LogP contribution in [0.3, 0.4) is 0 Å². The Hall–Kier alpha value is -1.91. The number of nitrogens with one attached hydrogen (secondary N) is 1. The molecule has 1 aliphatic carbocycles. The van der Waals surface area contributed by atoms with E-state index in [0.29, 0.717) is 18.8 Å². The molecule has 1 unspecified atom stereocenters. The summed E-state index contributed by atoms with van der Waals surface area (Å²) >= 11 is 0. The summed E-state index contributed by atoms with van der Waals surface area (Å²) in [4.78, 5) is 22.7. The van der Waals surface area contributed by atoms with Crippen LogP contribution in [0.25, 0.3) is 0 Å². The van der Waals surface area contributed by atoms with Gasteiger partial charge in [-0.3, -0.25) is 4.79 Å². The Morgan fingerprint density at radius 1 is 1.19 bits per heavy atom. The maximum absolute atomic E-state index is 12.5. The van der Waals surface area contributed by atoms with E-state index in [4.69, 9.17) is 5.11 Å². The van der Waals surface area contributed by atoms with Gasteiger partial charge in [0.15, 0.2) is 6.04 Å². The van der Waals surface area contributed by atoms with E-state index in [1.165, 1.54) is 5.56 Å². The number of carbonyl (C=O) groups excluding carboxylic acids is 1. The standard InChI is InChI=1S/C16H20FNO3/c17-10-14(16(20)21)18-15(19)13-8-6-12(7-9-13)11-4-2-1-3-5-11/h1-5,12-14H,6-10H2,(H,18,19)(H,20,21). The Morgan fingerprint density at radius 3 is 2.33 bits per heavy atom. The van der Waals surface area contributed by atoms with Crippen molar-refractivity contribution in [3.05, 3.63) is 35.9 Å². The van der Waals surface area contributed by atoms with Crippen molar-refractivity contribution in [2.24, 2.45) is 5.92 Å². The highest BCUT2D eigenvalue weighted by Gasteiger charge is 2.29. The number of carbonyl (C=O) groups is 2. The molecular formula is C16H20FNO3. The minimum atomic E-state index is -1.43. The highest BCUT2D eigenvalue weighted by atomic mass is 19.1. The molecule has 0 spiro atoms. The van der Waals surface area contributed by atoms with Crippen LogP contribution < -0.4 is 5.32 Å². The Kier molecular flexibility index (Phi) is 5.31. The number of carboxylic acid groups (broad SMARTS) is 1. The first-order valence-electron chi connectivity index (χ1n) is 7.26. The highest BCUT2D eigenvalue weighted by Crippen LogP contribution is 2.35. The van der Waals surface area contributed by atoms with Gasteiger partial charge in [-0.1, -0.05) is 30.3 Å². The smallest absolute Gasteiger partial charge is 0.328 e. The van der Waals surface area contributed by atoms with Gasteiger partial charge in [0.2, 0.25) is 5.91 Å². The number of amides is 1. The molecule has 0 aliphatic heterocycles. The van der Waals surface area contributed by atoms with Gasteiger partial charge in [-0.25, -0.2) is 9.18 Å². The van der Waals surface area contributed by atoms with E-state index in [0.717, 1.165) is 12.8 Å². The fourth-order valence-electron chi connectivity index (χ4n) is 2.87. The average Bonchev–Trinajstić information content (AvgIpc) is 2.53. The van der Waals surface area contributed by atoms with Crippen molar-refractivity contribution in [3.63, 3.8) is 0 Å².